The molecule has 1 aliphatic heterocycles. The zero-order valence-corrected chi connectivity index (χ0v) is 19.0. The van der Waals surface area contributed by atoms with Crippen LogP contribution in [0.4, 0.5) is 14.5 Å². The highest BCUT2D eigenvalue weighted by Gasteiger charge is 2.29. The van der Waals surface area contributed by atoms with Crippen LogP contribution in [0.2, 0.25) is 0 Å². The Morgan fingerprint density at radius 2 is 1.94 bits per heavy atom. The number of benzene rings is 2. The van der Waals surface area contributed by atoms with Crippen LogP contribution < -0.4 is 14.6 Å². The smallest absolute Gasteiger partial charge is 0.387 e. The molecule has 0 bridgehead atoms. The molecule has 2 heterocycles. The third-order valence-corrected chi connectivity index (χ3v) is 5.96. The van der Waals surface area contributed by atoms with Gasteiger partial charge in [-0.1, -0.05) is 28.1 Å². The summed E-state index contributed by atoms with van der Waals surface area (Å²) in [7, 11) is 0. The predicted molar refractivity (Wildman–Crippen MR) is 119 cm³/mol. The molecular weight excluding hydrogens is 482 g/mol. The van der Waals surface area contributed by atoms with Crippen LogP contribution >= 0.6 is 15.9 Å². The maximum absolute atomic E-state index is 13.0. The normalized spacial score (nSPS) is 13.5. The van der Waals surface area contributed by atoms with Crippen molar-refractivity contribution < 1.29 is 22.9 Å². The van der Waals surface area contributed by atoms with E-state index in [2.05, 4.69) is 30.6 Å². The zero-order valence-electron chi connectivity index (χ0n) is 17.4. The average molecular weight is 506 g/mol. The number of para-hydroxylation sites is 1. The van der Waals surface area contributed by atoms with Gasteiger partial charge in [0.15, 0.2) is 6.54 Å². The standard InChI is InChI=1S/C23H24BrF2N4O2/c24-16-9-11-17(12-10-16)27-14-21-28-30(22-8-2-1-5-13-29(21)22)15-19(31)18-6-3-4-7-20(18)32-23(25)26/h3-4,6-7,9-12,23,27H,1-2,5,8,13-15H2/q+1. The highest BCUT2D eigenvalue weighted by Crippen LogP contribution is 2.22. The van der Waals surface area contributed by atoms with Crippen molar-refractivity contribution in [1.29, 1.82) is 0 Å². The van der Waals surface area contributed by atoms with Crippen LogP contribution in [0, 0.1) is 0 Å². The lowest BCUT2D eigenvalue weighted by Gasteiger charge is -2.08. The van der Waals surface area contributed by atoms with Gasteiger partial charge < -0.3 is 10.1 Å². The molecule has 0 atom stereocenters. The number of hydrogen-bond acceptors (Lipinski definition) is 4. The number of rotatable bonds is 8. The van der Waals surface area contributed by atoms with E-state index >= 15 is 0 Å². The molecular formula is C23H24BrF2N4O2+. The zero-order chi connectivity index (χ0) is 22.5. The first-order valence-electron chi connectivity index (χ1n) is 10.6. The van der Waals surface area contributed by atoms with E-state index in [0.29, 0.717) is 6.54 Å². The summed E-state index contributed by atoms with van der Waals surface area (Å²) in [6, 6.07) is 14.0. The molecule has 0 radical (unpaired) electrons. The van der Waals surface area contributed by atoms with Crippen LogP contribution in [0.25, 0.3) is 0 Å². The second-order valence-corrected chi connectivity index (χ2v) is 8.53. The van der Waals surface area contributed by atoms with E-state index in [0.717, 1.165) is 54.0 Å². The number of Topliss-reactive ketones (excluding diaryl/α,β-unsaturated/α-hetero) is 1. The molecule has 0 fully saturated rings. The first-order valence-corrected chi connectivity index (χ1v) is 11.4. The Bertz CT molecular complexity index is 1090. The van der Waals surface area contributed by atoms with Crippen molar-refractivity contribution in [3.63, 3.8) is 0 Å². The molecule has 6 nitrogen and oxygen atoms in total. The van der Waals surface area contributed by atoms with E-state index in [1.54, 1.807) is 16.8 Å². The van der Waals surface area contributed by atoms with Crippen molar-refractivity contribution in [2.24, 2.45) is 0 Å². The fourth-order valence-corrected chi connectivity index (χ4v) is 4.18. The molecule has 32 heavy (non-hydrogen) atoms. The Kier molecular flexibility index (Phi) is 7.14. The Morgan fingerprint density at radius 1 is 1.16 bits per heavy atom. The summed E-state index contributed by atoms with van der Waals surface area (Å²) in [5.41, 5.74) is 1.10. The first kappa shape index (κ1) is 22.4. The molecule has 3 aromatic rings. The van der Waals surface area contributed by atoms with Gasteiger partial charge in [-0.25, -0.2) is 4.57 Å². The summed E-state index contributed by atoms with van der Waals surface area (Å²) < 4.78 is 34.9. The van der Waals surface area contributed by atoms with Crippen LogP contribution in [0.1, 0.15) is 41.3 Å². The number of nitrogens with one attached hydrogen (secondary N) is 1. The van der Waals surface area contributed by atoms with Gasteiger partial charge in [-0.2, -0.15) is 8.78 Å². The van der Waals surface area contributed by atoms with Crippen LogP contribution in [0.3, 0.4) is 0 Å². The van der Waals surface area contributed by atoms with E-state index in [1.165, 1.54) is 12.1 Å². The fourth-order valence-electron chi connectivity index (χ4n) is 3.91. The third-order valence-electron chi connectivity index (χ3n) is 5.43. The molecule has 168 valence electrons. The van der Waals surface area contributed by atoms with Crippen molar-refractivity contribution in [2.45, 2.75) is 51.9 Å². The lowest BCUT2D eigenvalue weighted by Crippen LogP contribution is -2.41. The summed E-state index contributed by atoms with van der Waals surface area (Å²) in [6.07, 6.45) is 3.99. The molecule has 0 saturated heterocycles. The molecule has 1 N–H and O–H groups in total. The van der Waals surface area contributed by atoms with Gasteiger partial charge in [0.1, 0.15) is 12.3 Å². The highest BCUT2D eigenvalue weighted by molar-refractivity contribution is 9.10. The maximum Gasteiger partial charge on any atom is 0.387 e. The van der Waals surface area contributed by atoms with Crippen molar-refractivity contribution in [3.8, 4) is 5.75 Å². The van der Waals surface area contributed by atoms with Crippen LogP contribution in [0.5, 0.6) is 5.75 Å². The van der Waals surface area contributed by atoms with E-state index in [4.69, 9.17) is 5.10 Å². The van der Waals surface area contributed by atoms with Gasteiger partial charge in [0, 0.05) is 21.7 Å². The number of fused-ring (bicyclic) bond motifs is 1. The molecule has 0 unspecified atom stereocenters. The van der Waals surface area contributed by atoms with Crippen molar-refractivity contribution >= 4 is 27.4 Å². The minimum Gasteiger partial charge on any atom is -0.434 e. The second kappa shape index (κ2) is 10.2. The predicted octanol–water partition coefficient (Wildman–Crippen LogP) is 4.76. The summed E-state index contributed by atoms with van der Waals surface area (Å²) in [4.78, 5) is 13.0. The van der Waals surface area contributed by atoms with Gasteiger partial charge in [0.25, 0.3) is 5.82 Å². The number of hydrogen-bond donors (Lipinski definition) is 1. The number of ketones is 1. The number of halogens is 3. The molecule has 0 saturated carbocycles. The molecule has 1 aliphatic rings. The van der Waals surface area contributed by atoms with E-state index in [-0.39, 0.29) is 23.6 Å². The molecule has 0 amide bonds. The van der Waals surface area contributed by atoms with E-state index in [1.807, 2.05) is 24.3 Å². The maximum atomic E-state index is 13.0. The molecule has 1 aromatic heterocycles. The Hall–Kier alpha value is -2.81. The monoisotopic (exact) mass is 505 g/mol. The van der Waals surface area contributed by atoms with Crippen molar-refractivity contribution in [1.82, 2.24) is 9.78 Å². The molecule has 9 heteroatoms. The summed E-state index contributed by atoms with van der Waals surface area (Å²) in [5, 5.41) is 8.10. The molecule has 0 spiro atoms. The number of carbonyl (C=O) groups is 1. The quantitative estimate of drug-likeness (QED) is 0.354. The Morgan fingerprint density at radius 3 is 2.72 bits per heavy atom. The van der Waals surface area contributed by atoms with Crippen LogP contribution in [0.15, 0.2) is 53.0 Å². The van der Waals surface area contributed by atoms with Crippen LogP contribution in [-0.4, -0.2) is 22.2 Å². The number of carbonyl (C=O) groups excluding carboxylic acids is 1. The van der Waals surface area contributed by atoms with Gasteiger partial charge in [-0.3, -0.25) is 4.79 Å². The van der Waals surface area contributed by atoms with Crippen LogP contribution in [-0.2, 0) is 26.1 Å². The Balaban J connectivity index is 1.57. The topological polar surface area (TPSA) is 60.0 Å². The fraction of sp³-hybridized carbons (Fsp3) is 0.348. The second-order valence-electron chi connectivity index (χ2n) is 7.61. The highest BCUT2D eigenvalue weighted by atomic mass is 79.9. The summed E-state index contributed by atoms with van der Waals surface area (Å²) in [5.74, 6) is 1.39. The van der Waals surface area contributed by atoms with E-state index in [9.17, 15) is 13.6 Å². The SMILES string of the molecule is O=C(Cn1nc(CNc2ccc(Br)cc2)[n+]2c1CCCCC2)c1ccccc1OC(F)F. The van der Waals surface area contributed by atoms with Gasteiger partial charge in [-0.05, 0) is 55.7 Å². The van der Waals surface area contributed by atoms with Gasteiger partial charge in [0.05, 0.1) is 12.1 Å². The number of anilines is 1. The van der Waals surface area contributed by atoms with Gasteiger partial charge in [-0.15, -0.1) is 4.68 Å². The van der Waals surface area contributed by atoms with Gasteiger partial charge >= 0.3 is 6.61 Å². The summed E-state index contributed by atoms with van der Waals surface area (Å²) in [6.45, 7) is -1.67. The number of alkyl halides is 2. The first-order chi connectivity index (χ1) is 15.5. The number of ether oxygens (including phenoxy) is 1. The minimum atomic E-state index is -2.99. The Labute approximate surface area is 193 Å². The average Bonchev–Trinajstić information content (AvgIpc) is 2.93. The molecule has 4 rings (SSSR count). The van der Waals surface area contributed by atoms with Crippen molar-refractivity contribution in [2.75, 3.05) is 5.32 Å². The summed E-state index contributed by atoms with van der Waals surface area (Å²) >= 11 is 3.43. The molecule has 2 aromatic carbocycles. The third kappa shape index (κ3) is 5.32. The largest absolute Gasteiger partial charge is 0.434 e. The lowest BCUT2D eigenvalue weighted by molar-refractivity contribution is -0.710. The molecule has 0 aliphatic carbocycles. The number of aromatic nitrogens is 3. The van der Waals surface area contributed by atoms with Crippen molar-refractivity contribution in [3.05, 3.63) is 70.2 Å². The van der Waals surface area contributed by atoms with Gasteiger partial charge in [0.2, 0.25) is 11.6 Å². The lowest BCUT2D eigenvalue weighted by atomic mass is 10.1. The van der Waals surface area contributed by atoms with E-state index < -0.39 is 6.61 Å². The number of nitrogens with zero attached hydrogens (tertiary/aromatic N) is 3. The minimum absolute atomic E-state index is 0.0305.